The van der Waals surface area contributed by atoms with E-state index in [1.165, 1.54) is 19.3 Å². The number of aromatic nitrogens is 2. The van der Waals surface area contributed by atoms with E-state index < -0.39 is 0 Å². The number of Topliss-reactive ketones (excluding diaryl/α,β-unsaturated/α-hetero) is 1. The van der Waals surface area contributed by atoms with Crippen molar-refractivity contribution in [3.63, 3.8) is 0 Å². The van der Waals surface area contributed by atoms with Crippen molar-refractivity contribution in [2.75, 3.05) is 11.4 Å². The molecular weight excluding hydrogens is 306 g/mol. The highest BCUT2D eigenvalue weighted by Crippen LogP contribution is 2.23. The number of amides is 1. The quantitative estimate of drug-likeness (QED) is 0.503. The number of rotatable bonds is 6. The molecule has 122 valence electrons. The Morgan fingerprint density at radius 3 is 2.92 bits per heavy atom. The Balaban J connectivity index is 2.10. The molecule has 1 heterocycles. The minimum Gasteiger partial charge on any atom is -0.313 e. The Morgan fingerprint density at radius 1 is 1.46 bits per heavy atom. The number of aliphatic imine (C=N–C) groups is 1. The van der Waals surface area contributed by atoms with Gasteiger partial charge in [0.15, 0.2) is 11.6 Å². The van der Waals surface area contributed by atoms with Crippen LogP contribution in [0.15, 0.2) is 35.5 Å². The van der Waals surface area contributed by atoms with E-state index in [9.17, 15) is 9.59 Å². The summed E-state index contributed by atoms with van der Waals surface area (Å²) in [6.45, 7) is 10.9. The van der Waals surface area contributed by atoms with Crippen molar-refractivity contribution in [2.24, 2.45) is 4.99 Å². The fourth-order valence-electron chi connectivity index (χ4n) is 2.22. The molecule has 7 heteroatoms. The molecule has 1 amide bonds. The smallest absolute Gasteiger partial charge is 0.249 e. The lowest BCUT2D eigenvalue weighted by atomic mass is 10.1. The summed E-state index contributed by atoms with van der Waals surface area (Å²) in [6, 6.07) is 6.94. The van der Waals surface area contributed by atoms with Gasteiger partial charge in [-0.1, -0.05) is 12.1 Å². The van der Waals surface area contributed by atoms with Gasteiger partial charge in [-0.2, -0.15) is 5.10 Å². The van der Waals surface area contributed by atoms with Crippen LogP contribution >= 0.6 is 0 Å². The van der Waals surface area contributed by atoms with Crippen molar-refractivity contribution >= 4 is 35.1 Å². The number of carbonyl (C=O) groups excluding carboxylic acids is 2. The molecule has 2 aromatic rings. The summed E-state index contributed by atoms with van der Waals surface area (Å²) >= 11 is 0. The fourth-order valence-corrected chi connectivity index (χ4v) is 2.22. The Hall–Kier alpha value is -3.27. The molecule has 0 unspecified atom stereocenters. The Morgan fingerprint density at radius 2 is 2.25 bits per heavy atom. The number of ketones is 1. The molecule has 1 aromatic carbocycles. The van der Waals surface area contributed by atoms with Crippen molar-refractivity contribution in [1.29, 1.82) is 0 Å². The first-order valence-electron chi connectivity index (χ1n) is 7.41. The molecule has 7 nitrogen and oxygen atoms in total. The number of aromatic amines is 1. The number of H-pyrrole nitrogens is 1. The first-order chi connectivity index (χ1) is 11.6. The standard InChI is InChI=1S/C17H17N5O2/c1-4-22(12(2)23)14-7-5-6-13(10-14)16(24)8-9-19-17-15(18-3)11-20-21-17/h5-7,9-11H,4,8H2,1-2H3,(H,20,21)/b19-9+. The number of anilines is 1. The van der Waals surface area contributed by atoms with E-state index >= 15 is 0 Å². The highest BCUT2D eigenvalue weighted by atomic mass is 16.2. The number of hydrogen-bond donors (Lipinski definition) is 1. The minimum absolute atomic E-state index is 0.0745. The van der Waals surface area contributed by atoms with E-state index in [1.807, 2.05) is 6.92 Å². The summed E-state index contributed by atoms with van der Waals surface area (Å²) < 4.78 is 0. The third-order valence-electron chi connectivity index (χ3n) is 3.39. The fraction of sp³-hybridized carbons (Fsp3) is 0.235. The van der Waals surface area contributed by atoms with Gasteiger partial charge in [0.1, 0.15) is 0 Å². The highest BCUT2D eigenvalue weighted by Gasteiger charge is 2.12. The molecule has 0 saturated carbocycles. The molecule has 2 rings (SSSR count). The monoisotopic (exact) mass is 323 g/mol. The van der Waals surface area contributed by atoms with E-state index in [-0.39, 0.29) is 18.1 Å². The van der Waals surface area contributed by atoms with Crippen LogP contribution in [0.5, 0.6) is 0 Å². The van der Waals surface area contributed by atoms with Crippen LogP contribution in [-0.2, 0) is 4.79 Å². The van der Waals surface area contributed by atoms with Gasteiger partial charge in [0.05, 0.1) is 12.8 Å². The number of nitrogens with one attached hydrogen (secondary N) is 1. The Labute approximate surface area is 139 Å². The predicted octanol–water partition coefficient (Wildman–Crippen LogP) is 3.31. The lowest BCUT2D eigenvalue weighted by molar-refractivity contribution is -0.116. The van der Waals surface area contributed by atoms with E-state index in [0.29, 0.717) is 29.3 Å². The van der Waals surface area contributed by atoms with Crippen molar-refractivity contribution in [3.8, 4) is 0 Å². The van der Waals surface area contributed by atoms with Gasteiger partial charge in [-0.25, -0.2) is 4.85 Å². The maximum absolute atomic E-state index is 12.3. The lowest BCUT2D eigenvalue weighted by Crippen LogP contribution is -2.28. The molecule has 0 saturated heterocycles. The zero-order valence-electron chi connectivity index (χ0n) is 13.5. The first-order valence-corrected chi connectivity index (χ1v) is 7.41. The van der Waals surface area contributed by atoms with E-state index in [1.54, 1.807) is 29.2 Å². The van der Waals surface area contributed by atoms with Gasteiger partial charge in [-0.3, -0.25) is 19.7 Å². The van der Waals surface area contributed by atoms with E-state index in [4.69, 9.17) is 6.57 Å². The van der Waals surface area contributed by atoms with Crippen molar-refractivity contribution < 1.29 is 9.59 Å². The zero-order valence-corrected chi connectivity index (χ0v) is 13.5. The Bertz CT molecular complexity index is 816. The molecule has 0 spiro atoms. The predicted molar refractivity (Wildman–Crippen MR) is 92.1 cm³/mol. The SMILES string of the molecule is [C-]#[N+]c1cn[nH]c1/N=C/CC(=O)c1cccc(N(CC)C(C)=O)c1. The van der Waals surface area contributed by atoms with Crippen LogP contribution in [0.25, 0.3) is 4.85 Å². The van der Waals surface area contributed by atoms with Crippen LogP contribution in [-0.4, -0.2) is 34.6 Å². The van der Waals surface area contributed by atoms with Gasteiger partial charge in [0, 0.05) is 37.4 Å². The zero-order chi connectivity index (χ0) is 17.5. The molecule has 0 fully saturated rings. The van der Waals surface area contributed by atoms with Gasteiger partial charge in [0.2, 0.25) is 11.6 Å². The van der Waals surface area contributed by atoms with Gasteiger partial charge < -0.3 is 4.90 Å². The summed E-state index contributed by atoms with van der Waals surface area (Å²) in [4.78, 5) is 32.8. The molecule has 0 bridgehead atoms. The summed E-state index contributed by atoms with van der Waals surface area (Å²) in [7, 11) is 0. The van der Waals surface area contributed by atoms with Gasteiger partial charge in [-0.05, 0) is 19.1 Å². The highest BCUT2D eigenvalue weighted by molar-refractivity contribution is 6.05. The van der Waals surface area contributed by atoms with Gasteiger partial charge >= 0.3 is 0 Å². The number of hydrogen-bond acceptors (Lipinski definition) is 4. The maximum Gasteiger partial charge on any atom is 0.249 e. The van der Waals surface area contributed by atoms with Crippen LogP contribution < -0.4 is 4.90 Å². The number of nitrogens with zero attached hydrogens (tertiary/aromatic N) is 4. The van der Waals surface area contributed by atoms with Crippen LogP contribution in [0.4, 0.5) is 17.2 Å². The number of carbonyl (C=O) groups is 2. The summed E-state index contributed by atoms with van der Waals surface area (Å²) in [5.41, 5.74) is 1.51. The molecule has 0 aliphatic rings. The van der Waals surface area contributed by atoms with E-state index in [0.717, 1.165) is 0 Å². The first kappa shape index (κ1) is 17.1. The molecule has 0 atom stereocenters. The van der Waals surface area contributed by atoms with Crippen molar-refractivity contribution in [3.05, 3.63) is 47.4 Å². The topological polar surface area (TPSA) is 82.8 Å². The molecule has 0 radical (unpaired) electrons. The minimum atomic E-state index is -0.121. The molecular formula is C17H17N5O2. The second-order valence-corrected chi connectivity index (χ2v) is 4.97. The molecule has 1 N–H and O–H groups in total. The third kappa shape index (κ3) is 3.93. The summed E-state index contributed by atoms with van der Waals surface area (Å²) in [5.74, 6) is 0.138. The van der Waals surface area contributed by atoms with Crippen LogP contribution in [0.3, 0.4) is 0 Å². The number of benzene rings is 1. The van der Waals surface area contributed by atoms with Gasteiger partial charge in [0.25, 0.3) is 0 Å². The average molecular weight is 323 g/mol. The summed E-state index contributed by atoms with van der Waals surface area (Å²) in [6.07, 6.45) is 2.91. The second kappa shape index (κ2) is 7.83. The van der Waals surface area contributed by atoms with Gasteiger partial charge in [-0.15, -0.1) is 0 Å². The van der Waals surface area contributed by atoms with Crippen LogP contribution in [0, 0.1) is 6.57 Å². The average Bonchev–Trinajstić information content (AvgIpc) is 3.03. The summed E-state index contributed by atoms with van der Waals surface area (Å²) in [5, 5.41) is 6.33. The maximum atomic E-state index is 12.3. The van der Waals surface area contributed by atoms with Crippen LogP contribution in [0.1, 0.15) is 30.6 Å². The third-order valence-corrected chi connectivity index (χ3v) is 3.39. The Kier molecular flexibility index (Phi) is 5.58. The lowest BCUT2D eigenvalue weighted by Gasteiger charge is -2.19. The molecule has 0 aliphatic carbocycles. The van der Waals surface area contributed by atoms with Crippen molar-refractivity contribution in [2.45, 2.75) is 20.3 Å². The van der Waals surface area contributed by atoms with Crippen LogP contribution in [0.2, 0.25) is 0 Å². The molecule has 24 heavy (non-hydrogen) atoms. The molecule has 0 aliphatic heterocycles. The second-order valence-electron chi connectivity index (χ2n) is 4.97. The van der Waals surface area contributed by atoms with Crippen molar-refractivity contribution in [1.82, 2.24) is 10.2 Å². The van der Waals surface area contributed by atoms with E-state index in [2.05, 4.69) is 20.0 Å². The molecule has 1 aromatic heterocycles. The normalized spacial score (nSPS) is 10.5. The largest absolute Gasteiger partial charge is 0.313 e.